The molecule has 0 aliphatic carbocycles. The van der Waals surface area contributed by atoms with Crippen LogP contribution in [0, 0.1) is 15.9 Å². The number of carbonyl (C=O) groups is 1. The number of carbonyl (C=O) groups excluding carboxylic acids is 1. The van der Waals surface area contributed by atoms with Crippen molar-refractivity contribution in [1.82, 2.24) is 15.3 Å². The van der Waals surface area contributed by atoms with Crippen molar-refractivity contribution in [3.63, 3.8) is 0 Å². The molecule has 0 atom stereocenters. The first-order valence-electron chi connectivity index (χ1n) is 6.80. The van der Waals surface area contributed by atoms with Gasteiger partial charge >= 0.3 is 6.01 Å². The highest BCUT2D eigenvalue weighted by molar-refractivity contribution is 9.10. The Balaban J connectivity index is 1.80. The summed E-state index contributed by atoms with van der Waals surface area (Å²) in [5.41, 5.74) is -0.723. The quantitative estimate of drug-likeness (QED) is 0.436. The van der Waals surface area contributed by atoms with Gasteiger partial charge in [-0.25, -0.2) is 14.4 Å². The van der Waals surface area contributed by atoms with Gasteiger partial charge in [-0.1, -0.05) is 0 Å². The Bertz CT molecular complexity index is 742. The molecule has 1 aromatic heterocycles. The van der Waals surface area contributed by atoms with E-state index in [4.69, 9.17) is 4.74 Å². The largest absolute Gasteiger partial charge is 0.463 e. The molecule has 0 unspecified atom stereocenters. The molecule has 0 bridgehead atoms. The smallest absolute Gasteiger partial charge is 0.316 e. The van der Waals surface area contributed by atoms with Gasteiger partial charge in [-0.2, -0.15) is 0 Å². The van der Waals surface area contributed by atoms with Crippen LogP contribution in [0.4, 0.5) is 10.1 Å². The lowest BCUT2D eigenvalue weighted by molar-refractivity contribution is -0.384. The van der Waals surface area contributed by atoms with E-state index in [-0.39, 0.29) is 30.4 Å². The minimum absolute atomic E-state index is 0.203. The molecule has 8 nitrogen and oxygen atoms in total. The molecule has 10 heteroatoms. The van der Waals surface area contributed by atoms with Gasteiger partial charge in [-0.05, 0) is 28.4 Å². The van der Waals surface area contributed by atoms with Crippen LogP contribution in [-0.4, -0.2) is 34.0 Å². The number of rotatable bonds is 7. The summed E-state index contributed by atoms with van der Waals surface area (Å²) >= 11 is 3.20. The molecule has 1 aromatic carbocycles. The lowest BCUT2D eigenvalue weighted by Gasteiger charge is -2.07. The topological polar surface area (TPSA) is 107 Å². The summed E-state index contributed by atoms with van der Waals surface area (Å²) in [7, 11) is 0. The molecule has 1 N–H and O–H groups in total. The molecular weight excluding hydrogens is 387 g/mol. The maximum Gasteiger partial charge on any atom is 0.316 e. The highest BCUT2D eigenvalue weighted by Crippen LogP contribution is 2.16. The summed E-state index contributed by atoms with van der Waals surface area (Å²) in [5, 5.41) is 13.1. The second kappa shape index (κ2) is 8.29. The third kappa shape index (κ3) is 4.95. The first kappa shape index (κ1) is 17.7. The predicted octanol–water partition coefficient (Wildman–Crippen LogP) is 2.49. The Morgan fingerprint density at radius 1 is 1.38 bits per heavy atom. The predicted molar refractivity (Wildman–Crippen MR) is 85.2 cm³/mol. The van der Waals surface area contributed by atoms with Gasteiger partial charge < -0.3 is 10.1 Å². The zero-order chi connectivity index (χ0) is 17.5. The number of halogens is 2. The van der Waals surface area contributed by atoms with Crippen molar-refractivity contribution in [1.29, 1.82) is 0 Å². The van der Waals surface area contributed by atoms with Gasteiger partial charge in [0.05, 0.1) is 21.6 Å². The molecule has 0 aliphatic rings. The van der Waals surface area contributed by atoms with Crippen molar-refractivity contribution < 1.29 is 18.8 Å². The van der Waals surface area contributed by atoms with E-state index in [0.717, 1.165) is 22.7 Å². The van der Waals surface area contributed by atoms with Gasteiger partial charge in [0.2, 0.25) is 0 Å². The number of amides is 1. The molecule has 2 aromatic rings. The number of aromatic nitrogens is 2. The average Bonchev–Trinajstić information content (AvgIpc) is 2.56. The molecule has 0 aliphatic heterocycles. The lowest BCUT2D eigenvalue weighted by atomic mass is 10.1. The number of nitro groups is 1. The van der Waals surface area contributed by atoms with Crippen molar-refractivity contribution in [2.45, 2.75) is 6.42 Å². The number of hydrogen-bond donors (Lipinski definition) is 1. The van der Waals surface area contributed by atoms with Crippen LogP contribution in [-0.2, 0) is 0 Å². The Morgan fingerprint density at radius 3 is 2.75 bits per heavy atom. The van der Waals surface area contributed by atoms with E-state index in [2.05, 4.69) is 31.2 Å². The Morgan fingerprint density at radius 2 is 2.08 bits per heavy atom. The third-order valence-corrected chi connectivity index (χ3v) is 3.25. The van der Waals surface area contributed by atoms with E-state index in [1.165, 1.54) is 12.4 Å². The maximum absolute atomic E-state index is 13.6. The Hall–Kier alpha value is -2.62. The minimum atomic E-state index is -0.822. The fraction of sp³-hybridized carbons (Fsp3) is 0.214. The molecule has 1 amide bonds. The number of benzene rings is 1. The highest BCUT2D eigenvalue weighted by Gasteiger charge is 2.16. The SMILES string of the molecule is O=C(NCCCOc1ncc(Br)cn1)c1cc([N+](=O)[O-])ccc1F. The summed E-state index contributed by atoms with van der Waals surface area (Å²) in [6.45, 7) is 0.455. The number of nitrogens with one attached hydrogen (secondary N) is 1. The summed E-state index contributed by atoms with van der Waals surface area (Å²) < 4.78 is 19.6. The van der Waals surface area contributed by atoms with Gasteiger partial charge in [0.15, 0.2) is 0 Å². The second-order valence-electron chi connectivity index (χ2n) is 4.56. The number of hydrogen-bond acceptors (Lipinski definition) is 6. The molecule has 1 heterocycles. The van der Waals surface area contributed by atoms with Crippen LogP contribution in [0.25, 0.3) is 0 Å². The van der Waals surface area contributed by atoms with Crippen molar-refractivity contribution in [2.24, 2.45) is 0 Å². The first-order chi connectivity index (χ1) is 11.5. The van der Waals surface area contributed by atoms with E-state index in [0.29, 0.717) is 6.42 Å². The van der Waals surface area contributed by atoms with Crippen molar-refractivity contribution in [2.75, 3.05) is 13.2 Å². The van der Waals surface area contributed by atoms with Crippen LogP contribution in [0.2, 0.25) is 0 Å². The fourth-order valence-electron chi connectivity index (χ4n) is 1.71. The van der Waals surface area contributed by atoms with Gasteiger partial charge in [-0.3, -0.25) is 14.9 Å². The number of non-ortho nitro benzene ring substituents is 1. The number of nitro benzene ring substituents is 1. The lowest BCUT2D eigenvalue weighted by Crippen LogP contribution is -2.26. The van der Waals surface area contributed by atoms with Gasteiger partial charge in [0, 0.05) is 31.1 Å². The highest BCUT2D eigenvalue weighted by atomic mass is 79.9. The zero-order valence-electron chi connectivity index (χ0n) is 12.2. The summed E-state index contributed by atoms with van der Waals surface area (Å²) in [5.74, 6) is -1.55. The van der Waals surface area contributed by atoms with Crippen molar-refractivity contribution >= 4 is 27.5 Å². The molecular formula is C14H12BrFN4O4. The monoisotopic (exact) mass is 398 g/mol. The maximum atomic E-state index is 13.6. The van der Waals surface area contributed by atoms with Gasteiger partial charge in [0.1, 0.15) is 5.82 Å². The van der Waals surface area contributed by atoms with Crippen LogP contribution in [0.5, 0.6) is 6.01 Å². The summed E-state index contributed by atoms with van der Waals surface area (Å²) in [6, 6.07) is 2.99. The van der Waals surface area contributed by atoms with E-state index >= 15 is 0 Å². The fourth-order valence-corrected chi connectivity index (χ4v) is 1.91. The van der Waals surface area contributed by atoms with Crippen molar-refractivity contribution in [3.8, 4) is 6.01 Å². The molecule has 0 fully saturated rings. The Labute approximate surface area is 144 Å². The molecule has 0 spiro atoms. The van der Waals surface area contributed by atoms with Gasteiger partial charge in [-0.15, -0.1) is 0 Å². The number of ether oxygens (including phenoxy) is 1. The van der Waals surface area contributed by atoms with E-state index in [1.807, 2.05) is 0 Å². The molecule has 2 rings (SSSR count). The van der Waals surface area contributed by atoms with Crippen LogP contribution in [0.3, 0.4) is 0 Å². The van der Waals surface area contributed by atoms with E-state index < -0.39 is 16.6 Å². The van der Waals surface area contributed by atoms with Crippen LogP contribution in [0.15, 0.2) is 35.1 Å². The van der Waals surface area contributed by atoms with Crippen molar-refractivity contribution in [3.05, 3.63) is 56.6 Å². The normalized spacial score (nSPS) is 10.2. The molecule has 0 saturated carbocycles. The zero-order valence-corrected chi connectivity index (χ0v) is 13.8. The summed E-state index contributed by atoms with van der Waals surface area (Å²) in [6.07, 6.45) is 3.51. The molecule has 0 radical (unpaired) electrons. The average molecular weight is 399 g/mol. The van der Waals surface area contributed by atoms with E-state index in [9.17, 15) is 19.3 Å². The molecule has 0 saturated heterocycles. The summed E-state index contributed by atoms with van der Waals surface area (Å²) in [4.78, 5) is 29.7. The van der Waals surface area contributed by atoms with E-state index in [1.54, 1.807) is 0 Å². The number of nitrogens with zero attached hydrogens (tertiary/aromatic N) is 3. The van der Waals surface area contributed by atoms with Crippen LogP contribution in [0.1, 0.15) is 16.8 Å². The van der Waals surface area contributed by atoms with Crippen LogP contribution >= 0.6 is 15.9 Å². The molecule has 126 valence electrons. The standard InChI is InChI=1S/C14H12BrFN4O4/c15-9-7-18-14(19-8-9)24-5-1-4-17-13(21)11-6-10(20(22)23)2-3-12(11)16/h2-3,6-8H,1,4-5H2,(H,17,21). The van der Waals surface area contributed by atoms with Gasteiger partial charge in [0.25, 0.3) is 11.6 Å². The Kier molecular flexibility index (Phi) is 6.13. The minimum Gasteiger partial charge on any atom is -0.463 e. The van der Waals surface area contributed by atoms with Crippen LogP contribution < -0.4 is 10.1 Å². The molecule has 24 heavy (non-hydrogen) atoms. The third-order valence-electron chi connectivity index (χ3n) is 2.84. The second-order valence-corrected chi connectivity index (χ2v) is 5.48. The first-order valence-corrected chi connectivity index (χ1v) is 7.59.